The molecule has 0 fully saturated rings. The second-order valence-corrected chi connectivity index (χ2v) is 0.925. The van der Waals surface area contributed by atoms with E-state index in [1.165, 1.54) is 6.92 Å². The SMILES string of the molecule is CCOC(C)=O.[Cl][Mn]. The molecule has 0 aliphatic heterocycles. The van der Waals surface area contributed by atoms with E-state index < -0.39 is 0 Å². The minimum absolute atomic E-state index is 0.211. The Hall–Kier alpha value is 0.279. The molecular weight excluding hydrogens is 170 g/mol. The van der Waals surface area contributed by atoms with Gasteiger partial charge in [0.05, 0.1) is 6.61 Å². The Morgan fingerprint density at radius 2 is 2.12 bits per heavy atom. The second kappa shape index (κ2) is 10.3. The van der Waals surface area contributed by atoms with Crippen LogP contribution in [0, 0.1) is 0 Å². The maximum atomic E-state index is 9.82. The molecule has 0 aromatic carbocycles. The zero-order chi connectivity index (χ0) is 6.99. The van der Waals surface area contributed by atoms with Crippen molar-refractivity contribution >= 4 is 16.1 Å². The summed E-state index contributed by atoms with van der Waals surface area (Å²) >= 11 is 2.41. The summed E-state index contributed by atoms with van der Waals surface area (Å²) in [6.45, 7) is 3.65. The quantitative estimate of drug-likeness (QED) is 0.446. The van der Waals surface area contributed by atoms with Gasteiger partial charge in [0, 0.05) is 6.92 Å². The average Bonchev–Trinajstić information content (AvgIpc) is 1.72. The Labute approximate surface area is 61.6 Å². The molecule has 0 N–H and O–H groups in total. The van der Waals surface area contributed by atoms with Gasteiger partial charge in [-0.15, -0.1) is 0 Å². The number of hydrogen-bond donors (Lipinski definition) is 0. The maximum absolute atomic E-state index is 9.82. The number of esters is 1. The summed E-state index contributed by atoms with van der Waals surface area (Å²) in [7, 11) is 4.45. The molecule has 0 unspecified atom stereocenters. The molecule has 0 atom stereocenters. The van der Waals surface area contributed by atoms with Crippen molar-refractivity contribution in [2.24, 2.45) is 0 Å². The first-order valence-corrected chi connectivity index (χ1v) is 3.67. The molecule has 0 aliphatic carbocycles. The molecule has 0 rings (SSSR count). The van der Waals surface area contributed by atoms with Gasteiger partial charge in [-0.2, -0.15) is 0 Å². The molecular formula is C4H8ClMnO2. The number of carbonyl (C=O) groups excluding carboxylic acids is 1. The summed E-state index contributed by atoms with van der Waals surface area (Å²) < 4.78 is 4.40. The summed E-state index contributed by atoms with van der Waals surface area (Å²) in [6, 6.07) is 0. The number of carbonyl (C=O) groups is 1. The van der Waals surface area contributed by atoms with Crippen molar-refractivity contribution in [1.29, 1.82) is 0 Å². The zero-order valence-corrected chi connectivity index (χ0v) is 6.72. The van der Waals surface area contributed by atoms with Crippen LogP contribution in [0.3, 0.4) is 0 Å². The Balaban J connectivity index is 0. The topological polar surface area (TPSA) is 26.3 Å². The fourth-order valence-corrected chi connectivity index (χ4v) is 0.203. The summed E-state index contributed by atoms with van der Waals surface area (Å²) in [4.78, 5) is 9.82. The summed E-state index contributed by atoms with van der Waals surface area (Å²) in [6.07, 6.45) is 0. The van der Waals surface area contributed by atoms with Crippen molar-refractivity contribution in [3.8, 4) is 0 Å². The molecule has 0 amide bonds. The van der Waals surface area contributed by atoms with Crippen LogP contribution in [0.4, 0.5) is 0 Å². The molecule has 0 spiro atoms. The Kier molecular flexibility index (Phi) is 14.3. The molecule has 0 aromatic heterocycles. The van der Waals surface area contributed by atoms with Crippen molar-refractivity contribution in [1.82, 2.24) is 0 Å². The number of ether oxygens (including phenoxy) is 1. The van der Waals surface area contributed by atoms with Gasteiger partial charge in [-0.1, -0.05) is 0 Å². The molecule has 0 radical (unpaired) electrons. The van der Waals surface area contributed by atoms with E-state index in [0.717, 1.165) is 0 Å². The fraction of sp³-hybridized carbons (Fsp3) is 0.750. The minimum atomic E-state index is -0.211. The van der Waals surface area contributed by atoms with E-state index >= 15 is 0 Å². The van der Waals surface area contributed by atoms with Gasteiger partial charge >= 0.3 is 31.2 Å². The number of halogens is 1. The monoisotopic (exact) mass is 178 g/mol. The molecule has 4 heteroatoms. The van der Waals surface area contributed by atoms with Crippen LogP contribution in [0.15, 0.2) is 0 Å². The molecule has 0 aliphatic rings. The van der Waals surface area contributed by atoms with Crippen LogP contribution in [-0.4, -0.2) is 12.6 Å². The fourth-order valence-electron chi connectivity index (χ4n) is 0.203. The normalized spacial score (nSPS) is 6.50. The van der Waals surface area contributed by atoms with Crippen molar-refractivity contribution in [2.75, 3.05) is 6.61 Å². The van der Waals surface area contributed by atoms with Gasteiger partial charge in [0.1, 0.15) is 0 Å². The first-order chi connectivity index (χ1) is 3.77. The van der Waals surface area contributed by atoms with Crippen molar-refractivity contribution in [3.63, 3.8) is 0 Å². The molecule has 0 heterocycles. The van der Waals surface area contributed by atoms with Crippen LogP contribution < -0.4 is 0 Å². The molecule has 50 valence electrons. The van der Waals surface area contributed by atoms with Crippen molar-refractivity contribution < 1.29 is 24.6 Å². The van der Waals surface area contributed by atoms with Gasteiger partial charge < -0.3 is 4.74 Å². The van der Waals surface area contributed by atoms with Gasteiger partial charge in [-0.05, 0) is 6.92 Å². The van der Waals surface area contributed by atoms with Gasteiger partial charge in [0.15, 0.2) is 0 Å². The van der Waals surface area contributed by atoms with Crippen molar-refractivity contribution in [3.05, 3.63) is 0 Å². The zero-order valence-electron chi connectivity index (χ0n) is 4.78. The average molecular weight is 178 g/mol. The molecule has 0 saturated heterocycles. The molecule has 0 bridgehead atoms. The van der Waals surface area contributed by atoms with Crippen molar-refractivity contribution in [2.45, 2.75) is 13.8 Å². The van der Waals surface area contributed by atoms with E-state index in [9.17, 15) is 4.79 Å². The summed E-state index contributed by atoms with van der Waals surface area (Å²) in [5, 5.41) is 0. The Morgan fingerprint density at radius 1 is 1.75 bits per heavy atom. The second-order valence-electron chi connectivity index (χ2n) is 0.925. The van der Waals surface area contributed by atoms with Crippen LogP contribution in [0.1, 0.15) is 13.8 Å². The first kappa shape index (κ1) is 11.1. The Bertz CT molecular complexity index is 58.0. The third kappa shape index (κ3) is 16.3. The van der Waals surface area contributed by atoms with E-state index in [1.54, 1.807) is 6.92 Å². The molecule has 8 heavy (non-hydrogen) atoms. The van der Waals surface area contributed by atoms with Gasteiger partial charge in [-0.3, -0.25) is 4.79 Å². The molecule has 0 saturated carbocycles. The summed E-state index contributed by atoms with van der Waals surface area (Å²) in [5.74, 6) is -0.211. The molecule has 0 aromatic rings. The van der Waals surface area contributed by atoms with Crippen LogP contribution >= 0.6 is 10.1 Å². The van der Waals surface area contributed by atoms with Crippen LogP contribution in [0.25, 0.3) is 0 Å². The van der Waals surface area contributed by atoms with E-state index in [2.05, 4.69) is 29.9 Å². The van der Waals surface area contributed by atoms with E-state index in [1.807, 2.05) is 0 Å². The van der Waals surface area contributed by atoms with E-state index in [0.29, 0.717) is 6.61 Å². The van der Waals surface area contributed by atoms with E-state index in [-0.39, 0.29) is 5.97 Å². The number of rotatable bonds is 1. The molecule has 2 nitrogen and oxygen atoms in total. The van der Waals surface area contributed by atoms with Gasteiger partial charge in [0.2, 0.25) is 0 Å². The predicted molar refractivity (Wildman–Crippen MR) is 28.2 cm³/mol. The van der Waals surface area contributed by atoms with Gasteiger partial charge in [-0.25, -0.2) is 0 Å². The first-order valence-electron chi connectivity index (χ1n) is 2.05. The van der Waals surface area contributed by atoms with Crippen LogP contribution in [-0.2, 0) is 24.6 Å². The standard InChI is InChI=1S/C4H8O2.ClH.Mn/c1-3-6-4(2)5;;/h3H2,1-2H3;1H;/q;;+1/p-1. The van der Waals surface area contributed by atoms with E-state index in [4.69, 9.17) is 0 Å². The van der Waals surface area contributed by atoms with Gasteiger partial charge in [0.25, 0.3) is 0 Å². The third-order valence-electron chi connectivity index (χ3n) is 0.348. The van der Waals surface area contributed by atoms with Crippen LogP contribution in [0.5, 0.6) is 0 Å². The third-order valence-corrected chi connectivity index (χ3v) is 0.348. The Morgan fingerprint density at radius 3 is 2.12 bits per heavy atom. The van der Waals surface area contributed by atoms with Crippen LogP contribution in [0.2, 0.25) is 0 Å². The number of hydrogen-bond acceptors (Lipinski definition) is 2. The predicted octanol–water partition coefficient (Wildman–Crippen LogP) is 1.26. The summed E-state index contributed by atoms with van der Waals surface area (Å²) in [5.41, 5.74) is 0.